The zero-order chi connectivity index (χ0) is 16.3. The van der Waals surface area contributed by atoms with E-state index in [1.165, 1.54) is 51.4 Å². The summed E-state index contributed by atoms with van der Waals surface area (Å²) >= 11 is 0. The van der Waals surface area contributed by atoms with Gasteiger partial charge in [-0.15, -0.1) is 24.0 Å². The zero-order valence-corrected chi connectivity index (χ0v) is 17.8. The highest BCUT2D eigenvalue weighted by Crippen LogP contribution is 2.28. The van der Waals surface area contributed by atoms with Crippen LogP contribution in [0.25, 0.3) is 0 Å². The smallest absolute Gasteiger partial charge is 0.193 e. The van der Waals surface area contributed by atoms with Crippen molar-refractivity contribution in [2.24, 2.45) is 10.9 Å². The summed E-state index contributed by atoms with van der Waals surface area (Å²) in [7, 11) is 3.89. The summed E-state index contributed by atoms with van der Waals surface area (Å²) in [6.45, 7) is 4.14. The predicted octanol–water partition coefficient (Wildman–Crippen LogP) is 3.28. The van der Waals surface area contributed by atoms with Gasteiger partial charge in [0.1, 0.15) is 0 Å². The zero-order valence-electron chi connectivity index (χ0n) is 15.5. The summed E-state index contributed by atoms with van der Waals surface area (Å²) in [5.41, 5.74) is 0. The number of ether oxygens (including phenoxy) is 2. The molecule has 0 bridgehead atoms. The molecule has 0 unspecified atom stereocenters. The summed E-state index contributed by atoms with van der Waals surface area (Å²) in [6.07, 6.45) is 11.0. The van der Waals surface area contributed by atoms with Gasteiger partial charge in [-0.2, -0.15) is 0 Å². The third-order valence-corrected chi connectivity index (χ3v) is 4.74. The fourth-order valence-electron chi connectivity index (χ4n) is 3.02. The van der Waals surface area contributed by atoms with Gasteiger partial charge in [0, 0.05) is 33.8 Å². The van der Waals surface area contributed by atoms with Gasteiger partial charge in [-0.3, -0.25) is 4.99 Å². The molecule has 2 saturated carbocycles. The van der Waals surface area contributed by atoms with Crippen LogP contribution < -0.4 is 5.32 Å². The molecule has 24 heavy (non-hydrogen) atoms. The average molecular weight is 453 g/mol. The Morgan fingerprint density at radius 1 is 1.08 bits per heavy atom. The van der Waals surface area contributed by atoms with Crippen LogP contribution >= 0.6 is 24.0 Å². The molecule has 0 heterocycles. The van der Waals surface area contributed by atoms with Crippen molar-refractivity contribution in [3.63, 3.8) is 0 Å². The molecule has 0 spiro atoms. The standard InChI is InChI=1S/C18H35N3O2.HI/c1-19-18(21(2)12-14-22-15-16-9-10-16)20-11-13-23-17-7-5-3-4-6-8-17;/h16-17H,3-15H2,1-2H3,(H,19,20);1H. The quantitative estimate of drug-likeness (QED) is 0.191. The number of hydrogen-bond donors (Lipinski definition) is 1. The Labute approximate surface area is 165 Å². The number of nitrogens with zero attached hydrogens (tertiary/aromatic N) is 2. The van der Waals surface area contributed by atoms with Crippen molar-refractivity contribution in [2.75, 3.05) is 47.0 Å². The van der Waals surface area contributed by atoms with Crippen LogP contribution in [0.1, 0.15) is 51.4 Å². The minimum absolute atomic E-state index is 0. The van der Waals surface area contributed by atoms with E-state index in [0.717, 1.165) is 44.8 Å². The van der Waals surface area contributed by atoms with E-state index >= 15 is 0 Å². The summed E-state index contributed by atoms with van der Waals surface area (Å²) in [5.74, 6) is 1.75. The summed E-state index contributed by atoms with van der Waals surface area (Å²) in [6, 6.07) is 0. The number of hydrogen-bond acceptors (Lipinski definition) is 3. The lowest BCUT2D eigenvalue weighted by molar-refractivity contribution is 0.0465. The van der Waals surface area contributed by atoms with Crippen LogP contribution in [0.3, 0.4) is 0 Å². The van der Waals surface area contributed by atoms with Gasteiger partial charge in [-0.25, -0.2) is 0 Å². The van der Waals surface area contributed by atoms with Gasteiger partial charge in [0.2, 0.25) is 0 Å². The highest BCUT2D eigenvalue weighted by atomic mass is 127. The minimum Gasteiger partial charge on any atom is -0.379 e. The van der Waals surface area contributed by atoms with Gasteiger partial charge < -0.3 is 19.7 Å². The highest BCUT2D eigenvalue weighted by molar-refractivity contribution is 14.0. The van der Waals surface area contributed by atoms with Gasteiger partial charge in [0.05, 0.1) is 19.3 Å². The molecule has 2 aliphatic rings. The van der Waals surface area contributed by atoms with Crippen LogP contribution in [-0.4, -0.2) is 64.0 Å². The second kappa shape index (κ2) is 13.2. The molecule has 5 nitrogen and oxygen atoms in total. The Bertz CT molecular complexity index is 343. The Morgan fingerprint density at radius 3 is 2.42 bits per heavy atom. The van der Waals surface area contributed by atoms with Crippen molar-refractivity contribution in [1.82, 2.24) is 10.2 Å². The van der Waals surface area contributed by atoms with E-state index < -0.39 is 0 Å². The maximum Gasteiger partial charge on any atom is 0.193 e. The van der Waals surface area contributed by atoms with Crippen molar-refractivity contribution in [1.29, 1.82) is 0 Å². The Hall–Kier alpha value is -0.0800. The topological polar surface area (TPSA) is 46.1 Å². The second-order valence-corrected chi connectivity index (χ2v) is 6.90. The van der Waals surface area contributed by atoms with Crippen molar-refractivity contribution in [3.05, 3.63) is 0 Å². The third-order valence-electron chi connectivity index (χ3n) is 4.74. The van der Waals surface area contributed by atoms with E-state index in [0.29, 0.717) is 6.10 Å². The largest absolute Gasteiger partial charge is 0.379 e. The van der Waals surface area contributed by atoms with E-state index in [9.17, 15) is 0 Å². The minimum atomic E-state index is 0. The van der Waals surface area contributed by atoms with Gasteiger partial charge in [0.15, 0.2) is 5.96 Å². The SMILES string of the molecule is CN=C(NCCOC1CCCCCC1)N(C)CCOCC1CC1.I. The molecule has 0 aromatic carbocycles. The van der Waals surface area contributed by atoms with Gasteiger partial charge in [0.25, 0.3) is 0 Å². The first-order valence-corrected chi connectivity index (χ1v) is 9.40. The molecule has 0 radical (unpaired) electrons. The van der Waals surface area contributed by atoms with Crippen LogP contribution in [0.15, 0.2) is 4.99 Å². The lowest BCUT2D eigenvalue weighted by Gasteiger charge is -2.22. The summed E-state index contributed by atoms with van der Waals surface area (Å²) < 4.78 is 11.7. The number of nitrogens with one attached hydrogen (secondary N) is 1. The fourth-order valence-corrected chi connectivity index (χ4v) is 3.02. The molecule has 0 aromatic heterocycles. The molecule has 0 atom stereocenters. The molecule has 2 rings (SSSR count). The Balaban J connectivity index is 0.00000288. The normalized spacial score (nSPS) is 19.5. The molecule has 142 valence electrons. The number of guanidine groups is 1. The number of halogens is 1. The fraction of sp³-hybridized carbons (Fsp3) is 0.944. The first-order chi connectivity index (χ1) is 11.3. The Kier molecular flexibility index (Phi) is 12.0. The van der Waals surface area contributed by atoms with Crippen molar-refractivity contribution in [2.45, 2.75) is 57.5 Å². The van der Waals surface area contributed by atoms with Crippen LogP contribution in [0, 0.1) is 5.92 Å². The number of likely N-dealkylation sites (N-methyl/N-ethyl adjacent to an activating group) is 1. The number of aliphatic imine (C=N–C) groups is 1. The van der Waals surface area contributed by atoms with Crippen LogP contribution in [0.4, 0.5) is 0 Å². The highest BCUT2D eigenvalue weighted by Gasteiger charge is 2.21. The van der Waals surface area contributed by atoms with Gasteiger partial charge in [-0.1, -0.05) is 25.7 Å². The molecule has 6 heteroatoms. The lowest BCUT2D eigenvalue weighted by atomic mass is 10.1. The van der Waals surface area contributed by atoms with Gasteiger partial charge >= 0.3 is 0 Å². The Morgan fingerprint density at radius 2 is 1.79 bits per heavy atom. The molecule has 0 aromatic rings. The van der Waals surface area contributed by atoms with Crippen LogP contribution in [-0.2, 0) is 9.47 Å². The second-order valence-electron chi connectivity index (χ2n) is 6.90. The maximum atomic E-state index is 6.01. The van der Waals surface area contributed by atoms with E-state index in [1.54, 1.807) is 0 Å². The summed E-state index contributed by atoms with van der Waals surface area (Å²) in [4.78, 5) is 6.46. The molecule has 2 fully saturated rings. The van der Waals surface area contributed by atoms with Crippen LogP contribution in [0.5, 0.6) is 0 Å². The maximum absolute atomic E-state index is 6.01. The molecule has 1 N–H and O–H groups in total. The van der Waals surface area contributed by atoms with Crippen LogP contribution in [0.2, 0.25) is 0 Å². The first kappa shape index (κ1) is 22.0. The molecule has 0 aliphatic heterocycles. The monoisotopic (exact) mass is 453 g/mol. The average Bonchev–Trinajstić information content (AvgIpc) is 3.39. The summed E-state index contributed by atoms with van der Waals surface area (Å²) in [5, 5.41) is 3.38. The van der Waals surface area contributed by atoms with Crippen molar-refractivity contribution in [3.8, 4) is 0 Å². The molecular formula is C18H36IN3O2. The van der Waals surface area contributed by atoms with E-state index in [4.69, 9.17) is 9.47 Å². The van der Waals surface area contributed by atoms with E-state index in [1.807, 2.05) is 7.05 Å². The van der Waals surface area contributed by atoms with Crippen molar-refractivity contribution >= 4 is 29.9 Å². The molecule has 0 saturated heterocycles. The molecular weight excluding hydrogens is 417 g/mol. The van der Waals surface area contributed by atoms with Gasteiger partial charge in [-0.05, 0) is 31.6 Å². The first-order valence-electron chi connectivity index (χ1n) is 9.40. The predicted molar refractivity (Wildman–Crippen MR) is 110 cm³/mol. The lowest BCUT2D eigenvalue weighted by Crippen LogP contribution is -2.42. The third kappa shape index (κ3) is 9.42. The van der Waals surface area contributed by atoms with E-state index in [-0.39, 0.29) is 24.0 Å². The molecule has 2 aliphatic carbocycles. The number of rotatable bonds is 9. The van der Waals surface area contributed by atoms with E-state index in [2.05, 4.69) is 22.3 Å². The van der Waals surface area contributed by atoms with Crippen molar-refractivity contribution < 1.29 is 9.47 Å². The molecule has 0 amide bonds.